The topological polar surface area (TPSA) is 113 Å². The largest absolute Gasteiger partial charge is 0.421 e. The number of rotatable bonds is 6. The van der Waals surface area contributed by atoms with Gasteiger partial charge in [0, 0.05) is 24.4 Å². The molecule has 8 nitrogen and oxygen atoms in total. The molecule has 1 saturated carbocycles. The number of hydrogen-bond donors (Lipinski definition) is 2. The third kappa shape index (κ3) is 4.48. The highest BCUT2D eigenvalue weighted by Gasteiger charge is 2.71. The molecule has 12 heteroatoms. The number of alkyl halides is 3. The van der Waals surface area contributed by atoms with Gasteiger partial charge in [-0.1, -0.05) is 19.3 Å². The lowest BCUT2D eigenvalue weighted by molar-refractivity contribution is -0.189. The maximum atomic E-state index is 14.6. The molecule has 34 heavy (non-hydrogen) atoms. The van der Waals surface area contributed by atoms with E-state index in [0.717, 1.165) is 30.4 Å². The predicted molar refractivity (Wildman–Crippen MR) is 117 cm³/mol. The average Bonchev–Trinajstić information content (AvgIpc) is 2.95. The van der Waals surface area contributed by atoms with Crippen LogP contribution in [-0.2, 0) is 24.4 Å². The highest BCUT2D eigenvalue weighted by atomic mass is 32.2. The summed E-state index contributed by atoms with van der Waals surface area (Å²) in [6.45, 7) is 3.36. The molecule has 2 amide bonds. The minimum Gasteiger partial charge on any atom is -0.326 e. The zero-order chi connectivity index (χ0) is 25.5. The normalized spacial score (nSPS) is 22.3. The molecule has 0 unspecified atom stereocenters. The second-order valence-electron chi connectivity index (χ2n) is 8.54. The van der Waals surface area contributed by atoms with Gasteiger partial charge in [0.1, 0.15) is 0 Å². The Bertz CT molecular complexity index is 1140. The summed E-state index contributed by atoms with van der Waals surface area (Å²) in [4.78, 5) is 37.4. The molecule has 1 aliphatic heterocycles. The molecule has 0 bridgehead atoms. The van der Waals surface area contributed by atoms with Crippen molar-refractivity contribution in [3.05, 3.63) is 35.5 Å². The van der Waals surface area contributed by atoms with Crippen molar-refractivity contribution in [3.63, 3.8) is 0 Å². The highest BCUT2D eigenvalue weighted by Crippen LogP contribution is 2.47. The van der Waals surface area contributed by atoms with E-state index in [2.05, 4.69) is 5.32 Å². The number of nitrogens with zero attached hydrogens (tertiary/aromatic N) is 1. The van der Waals surface area contributed by atoms with Gasteiger partial charge in [-0.05, 0) is 51.0 Å². The smallest absolute Gasteiger partial charge is 0.326 e. The Kier molecular flexibility index (Phi) is 6.96. The van der Waals surface area contributed by atoms with Gasteiger partial charge in [0.2, 0.25) is 21.5 Å². The molecule has 0 spiro atoms. The van der Waals surface area contributed by atoms with Crippen LogP contribution >= 0.6 is 0 Å². The number of carbonyl (C=O) groups is 3. The summed E-state index contributed by atoms with van der Waals surface area (Å²) in [7, 11) is -4.92. The van der Waals surface area contributed by atoms with Crippen molar-refractivity contribution in [1.29, 1.82) is 0 Å². The molecule has 186 valence electrons. The van der Waals surface area contributed by atoms with Gasteiger partial charge in [-0.3, -0.25) is 14.4 Å². The second-order valence-corrected chi connectivity index (χ2v) is 10.2. The molecular formula is C22H26F3N3O5S. The second kappa shape index (κ2) is 9.14. The van der Waals surface area contributed by atoms with E-state index < -0.39 is 55.8 Å². The number of benzene rings is 1. The lowest BCUT2D eigenvalue weighted by atomic mass is 9.88. The van der Waals surface area contributed by atoms with Crippen LogP contribution in [0.25, 0.3) is 0 Å². The van der Waals surface area contributed by atoms with Crippen molar-refractivity contribution in [1.82, 2.24) is 9.62 Å². The minimum atomic E-state index is -5.43. The van der Waals surface area contributed by atoms with Crippen LogP contribution in [0.4, 0.5) is 18.9 Å². The monoisotopic (exact) mass is 501 g/mol. The first-order chi connectivity index (χ1) is 15.7. The van der Waals surface area contributed by atoms with E-state index in [1.54, 1.807) is 4.72 Å². The van der Waals surface area contributed by atoms with E-state index in [4.69, 9.17) is 0 Å². The molecule has 1 fully saturated rings. The van der Waals surface area contributed by atoms with Gasteiger partial charge in [-0.15, -0.1) is 0 Å². The molecule has 1 heterocycles. The molecule has 2 N–H and O–H groups in total. The molecule has 1 atom stereocenters. The summed E-state index contributed by atoms with van der Waals surface area (Å²) < 4.78 is 71.6. The molecule has 0 radical (unpaired) electrons. The van der Waals surface area contributed by atoms with Crippen LogP contribution in [0.2, 0.25) is 0 Å². The quantitative estimate of drug-likeness (QED) is 0.621. The zero-order valence-corrected chi connectivity index (χ0v) is 19.8. The van der Waals surface area contributed by atoms with Gasteiger partial charge in [-0.2, -0.15) is 17.9 Å². The van der Waals surface area contributed by atoms with E-state index >= 15 is 0 Å². The van der Waals surface area contributed by atoms with E-state index in [9.17, 15) is 36.0 Å². The summed E-state index contributed by atoms with van der Waals surface area (Å²) in [5, 5.41) is 2.42. The number of hydrogen-bond acceptors (Lipinski definition) is 5. The van der Waals surface area contributed by atoms with Gasteiger partial charge in [0.15, 0.2) is 5.78 Å². The Labute approximate surface area is 195 Å². The van der Waals surface area contributed by atoms with Crippen LogP contribution in [0.1, 0.15) is 52.9 Å². The van der Waals surface area contributed by atoms with E-state index in [-0.39, 0.29) is 11.4 Å². The first kappa shape index (κ1) is 25.9. The number of halogens is 3. The van der Waals surface area contributed by atoms with E-state index in [1.165, 1.54) is 26.0 Å². The fourth-order valence-corrected chi connectivity index (χ4v) is 6.05. The summed E-state index contributed by atoms with van der Waals surface area (Å²) in [5.41, 5.74) is -4.62. The van der Waals surface area contributed by atoms with Crippen molar-refractivity contribution < 1.29 is 36.0 Å². The van der Waals surface area contributed by atoms with Crippen molar-refractivity contribution >= 4 is 33.3 Å². The maximum absolute atomic E-state index is 14.6. The zero-order valence-electron chi connectivity index (χ0n) is 19.0. The molecular weight excluding hydrogens is 475 g/mol. The Hall–Kier alpha value is -2.73. The predicted octanol–water partition coefficient (Wildman–Crippen LogP) is 3.26. The molecule has 1 aromatic rings. The highest BCUT2D eigenvalue weighted by molar-refractivity contribution is 7.89. The van der Waals surface area contributed by atoms with Crippen molar-refractivity contribution in [3.8, 4) is 0 Å². The molecule has 0 aromatic heterocycles. The van der Waals surface area contributed by atoms with Crippen molar-refractivity contribution in [2.24, 2.45) is 0 Å². The SMILES string of the molecule is CC(=O)Nc1ccc(S(=O)(=O)N[C@]2(C(F)(F)F)C(=O)N(C3CCCCC3)C(C)=C2C(C)=O)cc1. The van der Waals surface area contributed by atoms with Crippen LogP contribution in [0, 0.1) is 0 Å². The first-order valence-electron chi connectivity index (χ1n) is 10.8. The number of Topliss-reactive ketones (excluding diaryl/α,β-unsaturated/α-hetero) is 1. The van der Waals surface area contributed by atoms with Crippen molar-refractivity contribution in [2.45, 2.75) is 75.5 Å². The number of amides is 2. The van der Waals surface area contributed by atoms with E-state index in [0.29, 0.717) is 25.7 Å². The lowest BCUT2D eigenvalue weighted by Gasteiger charge is -2.36. The molecule has 3 rings (SSSR count). The maximum Gasteiger partial charge on any atom is 0.421 e. The van der Waals surface area contributed by atoms with Gasteiger partial charge < -0.3 is 10.2 Å². The average molecular weight is 502 g/mol. The number of ketones is 1. The summed E-state index contributed by atoms with van der Waals surface area (Å²) in [6, 6.07) is 3.85. The molecule has 1 aromatic carbocycles. The Balaban J connectivity index is 2.11. The fourth-order valence-electron chi connectivity index (χ4n) is 4.73. The first-order valence-corrected chi connectivity index (χ1v) is 12.2. The van der Waals surface area contributed by atoms with E-state index in [1.807, 2.05) is 0 Å². The number of sulfonamides is 1. The number of carbonyl (C=O) groups excluding carboxylic acids is 3. The molecule has 0 saturated heterocycles. The van der Waals surface area contributed by atoms with Gasteiger partial charge in [0.05, 0.1) is 10.5 Å². The van der Waals surface area contributed by atoms with Crippen LogP contribution in [0.3, 0.4) is 0 Å². The number of anilines is 1. The van der Waals surface area contributed by atoms with Gasteiger partial charge in [0.25, 0.3) is 5.91 Å². The van der Waals surface area contributed by atoms with Gasteiger partial charge in [-0.25, -0.2) is 8.42 Å². The third-order valence-electron chi connectivity index (χ3n) is 6.13. The summed E-state index contributed by atoms with van der Waals surface area (Å²) >= 11 is 0. The fraction of sp³-hybridized carbons (Fsp3) is 0.500. The Morgan fingerprint density at radius 3 is 2.09 bits per heavy atom. The van der Waals surface area contributed by atoms with Crippen LogP contribution in [0.5, 0.6) is 0 Å². The molecule has 1 aliphatic carbocycles. The molecule has 2 aliphatic rings. The van der Waals surface area contributed by atoms with Crippen molar-refractivity contribution in [2.75, 3.05) is 5.32 Å². The van der Waals surface area contributed by atoms with Crippen LogP contribution in [-0.4, -0.2) is 48.7 Å². The van der Waals surface area contributed by atoms with Gasteiger partial charge >= 0.3 is 6.18 Å². The Morgan fingerprint density at radius 1 is 1.06 bits per heavy atom. The number of nitrogens with one attached hydrogen (secondary N) is 2. The Morgan fingerprint density at radius 2 is 1.62 bits per heavy atom. The number of allylic oxidation sites excluding steroid dienone is 1. The standard InChI is InChI=1S/C22H26F3N3O5S/c1-13-19(14(2)29)21(22(23,24)25,20(31)28(13)17-7-5-4-6-8-17)27-34(32,33)18-11-9-16(10-12-18)26-15(3)30/h9-12,17,27H,4-8H2,1-3H3,(H,26,30)/t21-/m0/s1. The van der Waals surface area contributed by atoms with Crippen LogP contribution in [0.15, 0.2) is 40.4 Å². The lowest BCUT2D eigenvalue weighted by Crippen LogP contribution is -2.66. The third-order valence-corrected chi connectivity index (χ3v) is 7.59. The van der Waals surface area contributed by atoms with Crippen LogP contribution < -0.4 is 10.0 Å². The summed E-state index contributed by atoms with van der Waals surface area (Å²) in [6.07, 6.45) is -2.21. The summed E-state index contributed by atoms with van der Waals surface area (Å²) in [5.74, 6) is -2.99. The minimum absolute atomic E-state index is 0.189.